The maximum absolute atomic E-state index is 12.2. The number of aromatic nitrogens is 1. The first-order valence-electron chi connectivity index (χ1n) is 11.8. The molecule has 0 aliphatic carbocycles. The highest BCUT2D eigenvalue weighted by Gasteiger charge is 2.21. The number of hydrogen-bond donors (Lipinski definition) is 0. The van der Waals surface area contributed by atoms with Crippen LogP contribution in [0.4, 0.5) is 0 Å². The van der Waals surface area contributed by atoms with Gasteiger partial charge in [-0.3, -0.25) is 0 Å². The van der Waals surface area contributed by atoms with E-state index < -0.39 is 0 Å². The molecule has 0 saturated carbocycles. The number of nitrogens with zero attached hydrogens (tertiary/aromatic N) is 2. The third-order valence-electron chi connectivity index (χ3n) is 6.71. The Balaban J connectivity index is 1.22. The van der Waals surface area contributed by atoms with Crippen molar-refractivity contribution in [2.45, 2.75) is 44.1 Å². The molecule has 0 amide bonds. The van der Waals surface area contributed by atoms with Gasteiger partial charge in [-0.05, 0) is 80.1 Å². The van der Waals surface area contributed by atoms with Gasteiger partial charge in [-0.2, -0.15) is 0 Å². The monoisotopic (exact) mass is 430 g/mol. The van der Waals surface area contributed by atoms with Crippen molar-refractivity contribution >= 4 is 5.97 Å². The number of rotatable bonds is 9. The number of carbonyl (C=O) groups is 1. The normalized spacial score (nSPS) is 16.0. The zero-order chi connectivity index (χ0) is 22.2. The zero-order valence-electron chi connectivity index (χ0n) is 19.0. The molecule has 4 rings (SSSR count). The van der Waals surface area contributed by atoms with E-state index in [4.69, 9.17) is 4.74 Å². The number of methoxy groups -OCH3 is 1. The second-order valence-electron chi connectivity index (χ2n) is 8.82. The molecule has 0 radical (unpaired) electrons. The summed E-state index contributed by atoms with van der Waals surface area (Å²) >= 11 is 0. The molecule has 1 fully saturated rings. The summed E-state index contributed by atoms with van der Waals surface area (Å²) < 4.78 is 6.93. The number of carbonyl (C=O) groups excluding carboxylic acids is 1. The topological polar surface area (TPSA) is 34.5 Å². The summed E-state index contributed by atoms with van der Waals surface area (Å²) in [4.78, 5) is 14.8. The number of esters is 1. The minimum Gasteiger partial charge on any atom is -0.467 e. The molecule has 168 valence electrons. The fourth-order valence-electron chi connectivity index (χ4n) is 4.79. The molecular weight excluding hydrogens is 396 g/mol. The van der Waals surface area contributed by atoms with Gasteiger partial charge in [-0.25, -0.2) is 4.79 Å². The van der Waals surface area contributed by atoms with Gasteiger partial charge in [-0.15, -0.1) is 0 Å². The summed E-state index contributed by atoms with van der Waals surface area (Å²) in [6, 6.07) is 23.2. The van der Waals surface area contributed by atoms with Crippen LogP contribution < -0.4 is 0 Å². The highest BCUT2D eigenvalue weighted by atomic mass is 16.5. The number of ether oxygens (including phenoxy) is 1. The molecule has 1 saturated heterocycles. The molecule has 32 heavy (non-hydrogen) atoms. The molecule has 4 heteroatoms. The van der Waals surface area contributed by atoms with Crippen molar-refractivity contribution in [3.63, 3.8) is 0 Å². The van der Waals surface area contributed by atoms with Gasteiger partial charge in [0.1, 0.15) is 6.04 Å². The molecule has 2 aromatic carbocycles. The first kappa shape index (κ1) is 22.3. The van der Waals surface area contributed by atoms with E-state index >= 15 is 0 Å². The van der Waals surface area contributed by atoms with E-state index in [9.17, 15) is 4.79 Å². The second-order valence-corrected chi connectivity index (χ2v) is 8.82. The molecule has 0 N–H and O–H groups in total. The lowest BCUT2D eigenvalue weighted by Crippen LogP contribution is -2.33. The van der Waals surface area contributed by atoms with Crippen molar-refractivity contribution in [3.05, 3.63) is 95.8 Å². The predicted molar refractivity (Wildman–Crippen MR) is 129 cm³/mol. The molecule has 1 aliphatic heterocycles. The van der Waals surface area contributed by atoms with Gasteiger partial charge in [0.15, 0.2) is 0 Å². The summed E-state index contributed by atoms with van der Waals surface area (Å²) in [5.74, 6) is 0.515. The van der Waals surface area contributed by atoms with Gasteiger partial charge in [0.05, 0.1) is 7.11 Å². The molecule has 0 unspecified atom stereocenters. The first-order valence-corrected chi connectivity index (χ1v) is 11.8. The van der Waals surface area contributed by atoms with Crippen molar-refractivity contribution in [3.8, 4) is 0 Å². The van der Waals surface area contributed by atoms with Gasteiger partial charge >= 0.3 is 5.97 Å². The lowest BCUT2D eigenvalue weighted by Gasteiger charge is -2.32. The Morgan fingerprint density at radius 1 is 0.938 bits per heavy atom. The summed E-state index contributed by atoms with van der Waals surface area (Å²) in [5.41, 5.74) is 4.02. The van der Waals surface area contributed by atoms with Crippen LogP contribution in [0.15, 0.2) is 79.1 Å². The molecular formula is C28H34N2O2. The van der Waals surface area contributed by atoms with Crippen LogP contribution in [0.1, 0.15) is 47.9 Å². The SMILES string of the molecule is COC(=O)[C@H](Cc1ccc(CCCN2CCC(c3ccccc3)CC2)cc1)n1cccc1. The smallest absolute Gasteiger partial charge is 0.329 e. The lowest BCUT2D eigenvalue weighted by atomic mass is 9.89. The van der Waals surface area contributed by atoms with Crippen LogP contribution in [0, 0.1) is 0 Å². The van der Waals surface area contributed by atoms with Crippen LogP contribution in [-0.4, -0.2) is 42.2 Å². The third kappa shape index (κ3) is 5.89. The number of likely N-dealkylation sites (tertiary alicyclic amines) is 1. The summed E-state index contributed by atoms with van der Waals surface area (Å²) in [7, 11) is 1.45. The number of benzene rings is 2. The first-order chi connectivity index (χ1) is 15.7. The van der Waals surface area contributed by atoms with Crippen LogP contribution >= 0.6 is 0 Å². The van der Waals surface area contributed by atoms with Crippen molar-refractivity contribution in [2.24, 2.45) is 0 Å². The minimum absolute atomic E-state index is 0.207. The van der Waals surface area contributed by atoms with Crippen LogP contribution in [0.3, 0.4) is 0 Å². The van der Waals surface area contributed by atoms with Gasteiger partial charge < -0.3 is 14.2 Å². The van der Waals surface area contributed by atoms with E-state index in [0.29, 0.717) is 6.42 Å². The van der Waals surface area contributed by atoms with Crippen LogP contribution in [0.2, 0.25) is 0 Å². The van der Waals surface area contributed by atoms with E-state index in [0.717, 1.165) is 17.9 Å². The van der Waals surface area contributed by atoms with E-state index in [1.54, 1.807) is 0 Å². The average Bonchev–Trinajstić information content (AvgIpc) is 3.39. The van der Waals surface area contributed by atoms with Gasteiger partial charge in [0, 0.05) is 18.8 Å². The fourth-order valence-corrected chi connectivity index (χ4v) is 4.79. The Labute approximate surface area is 191 Å². The summed E-state index contributed by atoms with van der Waals surface area (Å²) in [6.45, 7) is 3.57. The molecule has 3 aromatic rings. The quantitative estimate of drug-likeness (QED) is 0.435. The zero-order valence-corrected chi connectivity index (χ0v) is 19.0. The number of piperidine rings is 1. The molecule has 2 heterocycles. The Morgan fingerprint density at radius 3 is 2.25 bits per heavy atom. The van der Waals surface area contributed by atoms with E-state index in [-0.39, 0.29) is 12.0 Å². The van der Waals surface area contributed by atoms with E-state index in [2.05, 4.69) is 59.5 Å². The molecule has 0 spiro atoms. The van der Waals surface area contributed by atoms with Crippen molar-refractivity contribution in [2.75, 3.05) is 26.7 Å². The molecule has 0 bridgehead atoms. The Kier molecular flexibility index (Phi) is 7.78. The largest absolute Gasteiger partial charge is 0.467 e. The maximum Gasteiger partial charge on any atom is 0.329 e. The van der Waals surface area contributed by atoms with Crippen LogP contribution in [0.25, 0.3) is 0 Å². The molecule has 1 atom stereocenters. The van der Waals surface area contributed by atoms with Crippen molar-refractivity contribution in [1.82, 2.24) is 9.47 Å². The van der Waals surface area contributed by atoms with Gasteiger partial charge in [0.2, 0.25) is 0 Å². The fraction of sp³-hybridized carbons (Fsp3) is 0.393. The number of aryl methyl sites for hydroxylation is 1. The predicted octanol–water partition coefficient (Wildman–Crippen LogP) is 5.26. The van der Waals surface area contributed by atoms with Crippen LogP contribution in [-0.2, 0) is 22.4 Å². The van der Waals surface area contributed by atoms with Crippen molar-refractivity contribution < 1.29 is 9.53 Å². The average molecular weight is 431 g/mol. The van der Waals surface area contributed by atoms with Gasteiger partial charge in [-0.1, -0.05) is 54.6 Å². The lowest BCUT2D eigenvalue weighted by molar-refractivity contribution is -0.144. The third-order valence-corrected chi connectivity index (χ3v) is 6.71. The maximum atomic E-state index is 12.2. The Bertz CT molecular complexity index is 943. The van der Waals surface area contributed by atoms with E-state index in [1.807, 2.05) is 29.1 Å². The van der Waals surface area contributed by atoms with Crippen LogP contribution in [0.5, 0.6) is 0 Å². The summed E-state index contributed by atoms with van der Waals surface area (Å²) in [6.07, 6.45) is 9.28. The second kappa shape index (κ2) is 11.1. The Hall–Kier alpha value is -2.85. The van der Waals surface area contributed by atoms with Gasteiger partial charge in [0.25, 0.3) is 0 Å². The molecule has 4 nitrogen and oxygen atoms in total. The molecule has 1 aromatic heterocycles. The summed E-state index contributed by atoms with van der Waals surface area (Å²) in [5, 5.41) is 0. The number of hydrogen-bond acceptors (Lipinski definition) is 3. The minimum atomic E-state index is -0.320. The highest BCUT2D eigenvalue weighted by molar-refractivity contribution is 5.74. The van der Waals surface area contributed by atoms with E-state index in [1.165, 1.54) is 57.1 Å². The highest BCUT2D eigenvalue weighted by Crippen LogP contribution is 2.27. The Morgan fingerprint density at radius 2 is 1.59 bits per heavy atom. The molecule has 1 aliphatic rings. The standard InChI is InChI=1S/C28H34N2O2/c1-32-28(31)27(30-18-5-6-19-30)22-24-13-11-23(12-14-24)8-7-17-29-20-15-26(16-21-29)25-9-3-2-4-10-25/h2-6,9-14,18-19,26-27H,7-8,15-17,20-22H2,1H3/t27-/m0/s1. The van der Waals surface area contributed by atoms with Crippen molar-refractivity contribution in [1.29, 1.82) is 0 Å².